The van der Waals surface area contributed by atoms with Crippen LogP contribution < -0.4 is 4.74 Å². The normalized spacial score (nSPS) is 13.4. The maximum atomic E-state index is 13.0. The molecule has 0 aliphatic heterocycles. The van der Waals surface area contributed by atoms with Gasteiger partial charge in [-0.1, -0.05) is 54.6 Å². The Morgan fingerprint density at radius 1 is 0.821 bits per heavy atom. The highest BCUT2D eigenvalue weighted by Gasteiger charge is 2.34. The number of ether oxygens (including phenoxy) is 1. The van der Waals surface area contributed by atoms with Gasteiger partial charge >= 0.3 is 6.18 Å². The minimum absolute atomic E-state index is 0.294. The molecule has 3 rings (SSSR count). The lowest BCUT2D eigenvalue weighted by atomic mass is 9.77. The van der Waals surface area contributed by atoms with E-state index in [9.17, 15) is 18.4 Å². The highest BCUT2D eigenvalue weighted by atomic mass is 19.4. The number of halogens is 3. The summed E-state index contributed by atoms with van der Waals surface area (Å²) in [4.78, 5) is 0. The van der Waals surface area contributed by atoms with Gasteiger partial charge in [-0.2, -0.15) is 18.4 Å². The number of hydrogen-bond donors (Lipinski definition) is 0. The van der Waals surface area contributed by atoms with Crippen molar-refractivity contribution < 1.29 is 17.9 Å². The van der Waals surface area contributed by atoms with Crippen LogP contribution in [0, 0.1) is 11.3 Å². The van der Waals surface area contributed by atoms with Gasteiger partial charge in [-0.25, -0.2) is 0 Å². The number of nitrogens with zero attached hydrogens (tertiary/aromatic N) is 1. The summed E-state index contributed by atoms with van der Waals surface area (Å²) in [6, 6.07) is 23.6. The number of alkyl halides is 3. The van der Waals surface area contributed by atoms with E-state index in [2.05, 4.69) is 6.07 Å². The van der Waals surface area contributed by atoms with Crippen LogP contribution in [0.4, 0.5) is 13.2 Å². The van der Waals surface area contributed by atoms with Crippen molar-refractivity contribution in [2.75, 3.05) is 0 Å². The van der Waals surface area contributed by atoms with Crippen molar-refractivity contribution in [3.8, 4) is 11.8 Å². The first-order valence-corrected chi connectivity index (χ1v) is 8.69. The van der Waals surface area contributed by atoms with E-state index in [-0.39, 0.29) is 0 Å². The van der Waals surface area contributed by atoms with E-state index in [4.69, 9.17) is 4.74 Å². The highest BCUT2D eigenvalue weighted by molar-refractivity contribution is 5.47. The number of nitriles is 1. The molecule has 0 aliphatic carbocycles. The van der Waals surface area contributed by atoms with Gasteiger partial charge < -0.3 is 4.74 Å². The van der Waals surface area contributed by atoms with E-state index < -0.39 is 17.2 Å². The van der Waals surface area contributed by atoms with Crippen molar-refractivity contribution in [1.82, 2.24) is 0 Å². The molecule has 1 atom stereocenters. The number of hydrogen-bond acceptors (Lipinski definition) is 2. The Morgan fingerprint density at radius 3 is 2.07 bits per heavy atom. The van der Waals surface area contributed by atoms with Gasteiger partial charge in [-0.05, 0) is 47.9 Å². The Labute approximate surface area is 161 Å². The first kappa shape index (κ1) is 19.5. The Morgan fingerprint density at radius 2 is 1.46 bits per heavy atom. The van der Waals surface area contributed by atoms with Crippen molar-refractivity contribution in [3.63, 3.8) is 0 Å². The number of benzene rings is 3. The number of rotatable bonds is 5. The molecule has 0 amide bonds. The van der Waals surface area contributed by atoms with Gasteiger partial charge in [0.15, 0.2) is 0 Å². The standard InChI is InChI=1S/C23H18F3NO/c1-22(16-27,19-8-5-9-20(14-19)23(24,25)26)18-10-12-21(13-11-18)28-15-17-6-3-2-4-7-17/h2-14H,15H2,1H3. The SMILES string of the molecule is CC(C#N)(c1ccc(OCc2ccccc2)cc1)c1cccc(C(F)(F)F)c1. The lowest BCUT2D eigenvalue weighted by Crippen LogP contribution is -2.22. The molecule has 1 unspecified atom stereocenters. The summed E-state index contributed by atoms with van der Waals surface area (Å²) < 4.78 is 44.9. The van der Waals surface area contributed by atoms with Crippen LogP contribution in [0.25, 0.3) is 0 Å². The van der Waals surface area contributed by atoms with E-state index in [1.54, 1.807) is 31.2 Å². The molecule has 0 spiro atoms. The minimum atomic E-state index is -4.46. The van der Waals surface area contributed by atoms with E-state index in [0.717, 1.165) is 17.7 Å². The first-order valence-electron chi connectivity index (χ1n) is 8.69. The van der Waals surface area contributed by atoms with Crippen molar-refractivity contribution in [2.24, 2.45) is 0 Å². The average Bonchev–Trinajstić information content (AvgIpc) is 2.72. The topological polar surface area (TPSA) is 33.0 Å². The fourth-order valence-corrected chi connectivity index (χ4v) is 2.93. The second-order valence-corrected chi connectivity index (χ2v) is 6.61. The summed E-state index contributed by atoms with van der Waals surface area (Å²) in [6.45, 7) is 2.02. The third-order valence-corrected chi connectivity index (χ3v) is 4.67. The second kappa shape index (κ2) is 7.77. The Kier molecular flexibility index (Phi) is 5.41. The van der Waals surface area contributed by atoms with E-state index in [0.29, 0.717) is 23.5 Å². The molecule has 0 saturated carbocycles. The lowest BCUT2D eigenvalue weighted by Gasteiger charge is -2.24. The summed E-state index contributed by atoms with van der Waals surface area (Å²) in [5, 5.41) is 9.74. The molecule has 0 radical (unpaired) electrons. The first-order chi connectivity index (χ1) is 13.3. The molecule has 0 aromatic heterocycles. The minimum Gasteiger partial charge on any atom is -0.489 e. The zero-order chi connectivity index (χ0) is 20.2. The van der Waals surface area contributed by atoms with Gasteiger partial charge in [0.25, 0.3) is 0 Å². The molecule has 3 aromatic rings. The molecule has 0 N–H and O–H groups in total. The molecule has 0 heterocycles. The quantitative estimate of drug-likeness (QED) is 0.534. The van der Waals surface area contributed by atoms with Gasteiger partial charge in [0.2, 0.25) is 0 Å². The molecule has 142 valence electrons. The van der Waals surface area contributed by atoms with Crippen LogP contribution >= 0.6 is 0 Å². The van der Waals surface area contributed by atoms with Crippen molar-refractivity contribution >= 4 is 0 Å². The van der Waals surface area contributed by atoms with Crippen LogP contribution in [0.15, 0.2) is 78.9 Å². The molecule has 0 saturated heterocycles. The maximum absolute atomic E-state index is 13.0. The molecular formula is C23H18F3NO. The van der Waals surface area contributed by atoms with Crippen molar-refractivity contribution in [1.29, 1.82) is 5.26 Å². The molecule has 28 heavy (non-hydrogen) atoms. The monoisotopic (exact) mass is 381 g/mol. The van der Waals surface area contributed by atoms with Crippen LogP contribution in [0.2, 0.25) is 0 Å². The predicted molar refractivity (Wildman–Crippen MR) is 101 cm³/mol. The molecule has 0 bridgehead atoms. The summed E-state index contributed by atoms with van der Waals surface area (Å²) in [7, 11) is 0. The predicted octanol–water partition coefficient (Wildman–Crippen LogP) is 6.11. The van der Waals surface area contributed by atoms with Crippen LogP contribution in [-0.2, 0) is 18.2 Å². The molecule has 5 heteroatoms. The Balaban J connectivity index is 1.83. The summed E-state index contributed by atoms with van der Waals surface area (Å²) >= 11 is 0. The van der Waals surface area contributed by atoms with Gasteiger partial charge in [0.05, 0.1) is 11.6 Å². The molecular weight excluding hydrogens is 363 g/mol. The smallest absolute Gasteiger partial charge is 0.416 e. The van der Waals surface area contributed by atoms with Gasteiger partial charge in [-0.15, -0.1) is 0 Å². The largest absolute Gasteiger partial charge is 0.489 e. The fraction of sp³-hybridized carbons (Fsp3) is 0.174. The van der Waals surface area contributed by atoms with Crippen LogP contribution in [0.5, 0.6) is 5.75 Å². The summed E-state index contributed by atoms with van der Waals surface area (Å²) in [5.41, 5.74) is -0.0602. The molecule has 0 aliphatic rings. The third kappa shape index (κ3) is 4.17. The summed E-state index contributed by atoms with van der Waals surface area (Å²) in [5.74, 6) is 0.622. The maximum Gasteiger partial charge on any atom is 0.416 e. The van der Waals surface area contributed by atoms with Crippen molar-refractivity contribution in [3.05, 3.63) is 101 Å². The van der Waals surface area contributed by atoms with E-state index >= 15 is 0 Å². The Bertz CT molecular complexity index is 975. The van der Waals surface area contributed by atoms with Gasteiger partial charge in [-0.3, -0.25) is 0 Å². The van der Waals surface area contributed by atoms with Gasteiger partial charge in [0, 0.05) is 0 Å². The second-order valence-electron chi connectivity index (χ2n) is 6.61. The van der Waals surface area contributed by atoms with E-state index in [1.165, 1.54) is 12.1 Å². The third-order valence-electron chi connectivity index (χ3n) is 4.67. The van der Waals surface area contributed by atoms with Gasteiger partial charge in [0.1, 0.15) is 17.8 Å². The highest BCUT2D eigenvalue weighted by Crippen LogP contribution is 2.36. The summed E-state index contributed by atoms with van der Waals surface area (Å²) in [6.07, 6.45) is -4.46. The van der Waals surface area contributed by atoms with Crippen LogP contribution in [-0.4, -0.2) is 0 Å². The van der Waals surface area contributed by atoms with Crippen LogP contribution in [0.3, 0.4) is 0 Å². The zero-order valence-corrected chi connectivity index (χ0v) is 15.2. The molecule has 3 aromatic carbocycles. The molecule has 2 nitrogen and oxygen atoms in total. The van der Waals surface area contributed by atoms with Crippen molar-refractivity contribution in [2.45, 2.75) is 25.1 Å². The fourth-order valence-electron chi connectivity index (χ4n) is 2.93. The average molecular weight is 381 g/mol. The lowest BCUT2D eigenvalue weighted by molar-refractivity contribution is -0.137. The van der Waals surface area contributed by atoms with Crippen LogP contribution in [0.1, 0.15) is 29.2 Å². The zero-order valence-electron chi connectivity index (χ0n) is 15.2. The van der Waals surface area contributed by atoms with E-state index in [1.807, 2.05) is 30.3 Å². The Hall–Kier alpha value is -3.26. The molecule has 0 fully saturated rings.